The molecule has 0 saturated carbocycles. The topological polar surface area (TPSA) is 106 Å². The van der Waals surface area contributed by atoms with E-state index in [-0.39, 0.29) is 30.1 Å². The number of hydrogen-bond donors (Lipinski definition) is 2. The van der Waals surface area contributed by atoms with Gasteiger partial charge in [-0.2, -0.15) is 5.10 Å². The molecule has 2 heterocycles. The Balaban J connectivity index is 1.63. The number of aliphatic hydroxyl groups is 1. The lowest BCUT2D eigenvalue weighted by atomic mass is 10.0. The van der Waals surface area contributed by atoms with Crippen LogP contribution in [0.5, 0.6) is 0 Å². The van der Waals surface area contributed by atoms with Crippen molar-refractivity contribution in [2.24, 2.45) is 0 Å². The third kappa shape index (κ3) is 5.64. The van der Waals surface area contributed by atoms with E-state index in [1.54, 1.807) is 37.3 Å². The minimum absolute atomic E-state index is 0.0866. The van der Waals surface area contributed by atoms with Gasteiger partial charge in [0.05, 0.1) is 24.4 Å². The first kappa shape index (κ1) is 24.7. The van der Waals surface area contributed by atoms with Gasteiger partial charge in [-0.15, -0.1) is 0 Å². The number of halogens is 1. The largest absolute Gasteiger partial charge is 0.464 e. The normalized spacial score (nSPS) is 12.5. The summed E-state index contributed by atoms with van der Waals surface area (Å²) in [6, 6.07) is 20.0. The Morgan fingerprint density at radius 3 is 2.44 bits per heavy atom. The molecule has 2 unspecified atom stereocenters. The SMILES string of the molecule is CCOC(=O)C(O)C(Cc1ccccc1)NC(=O)c1cccnc1-n1cc(F)c(-c2ccccc2)n1. The lowest BCUT2D eigenvalue weighted by Gasteiger charge is -2.23. The summed E-state index contributed by atoms with van der Waals surface area (Å²) in [7, 11) is 0. The fourth-order valence-electron chi connectivity index (χ4n) is 3.76. The van der Waals surface area contributed by atoms with Gasteiger partial charge >= 0.3 is 5.97 Å². The molecule has 2 atom stereocenters. The third-order valence-corrected chi connectivity index (χ3v) is 5.49. The van der Waals surface area contributed by atoms with E-state index in [1.165, 1.54) is 16.9 Å². The number of ether oxygens (including phenoxy) is 1. The van der Waals surface area contributed by atoms with Gasteiger partial charge in [0, 0.05) is 11.8 Å². The molecule has 0 bridgehead atoms. The van der Waals surface area contributed by atoms with Crippen molar-refractivity contribution in [3.63, 3.8) is 0 Å². The smallest absolute Gasteiger partial charge is 0.337 e. The van der Waals surface area contributed by atoms with Crippen LogP contribution in [-0.2, 0) is 16.0 Å². The predicted octanol–water partition coefficient (Wildman–Crippen LogP) is 3.34. The number of hydrogen-bond acceptors (Lipinski definition) is 6. The number of carbonyl (C=O) groups is 2. The maximum Gasteiger partial charge on any atom is 0.337 e. The van der Waals surface area contributed by atoms with Crippen LogP contribution in [-0.4, -0.2) is 50.5 Å². The maximum atomic E-state index is 14.7. The van der Waals surface area contributed by atoms with E-state index >= 15 is 0 Å². The molecule has 184 valence electrons. The number of benzene rings is 2. The number of rotatable bonds is 9. The molecular weight excluding hydrogens is 463 g/mol. The first-order valence-electron chi connectivity index (χ1n) is 11.4. The molecule has 2 aromatic heterocycles. The second-order valence-corrected chi connectivity index (χ2v) is 7.98. The summed E-state index contributed by atoms with van der Waals surface area (Å²) >= 11 is 0. The Hall–Kier alpha value is -4.37. The van der Waals surface area contributed by atoms with Crippen LogP contribution in [0, 0.1) is 5.82 Å². The van der Waals surface area contributed by atoms with Crippen molar-refractivity contribution in [1.29, 1.82) is 0 Å². The number of carbonyl (C=O) groups excluding carboxylic acids is 2. The van der Waals surface area contributed by atoms with Gasteiger partial charge in [-0.25, -0.2) is 18.9 Å². The van der Waals surface area contributed by atoms with Gasteiger partial charge < -0.3 is 15.2 Å². The average Bonchev–Trinajstić information content (AvgIpc) is 3.30. The van der Waals surface area contributed by atoms with Gasteiger partial charge in [-0.3, -0.25) is 4.79 Å². The summed E-state index contributed by atoms with van der Waals surface area (Å²) in [4.78, 5) is 29.8. The van der Waals surface area contributed by atoms with E-state index in [2.05, 4.69) is 15.4 Å². The molecular formula is C27H25FN4O4. The van der Waals surface area contributed by atoms with Crippen molar-refractivity contribution in [3.8, 4) is 17.1 Å². The number of nitrogens with zero attached hydrogens (tertiary/aromatic N) is 3. The number of aromatic nitrogens is 3. The van der Waals surface area contributed by atoms with Gasteiger partial charge in [-0.05, 0) is 31.0 Å². The van der Waals surface area contributed by atoms with Crippen LogP contribution in [0.3, 0.4) is 0 Å². The zero-order valence-electron chi connectivity index (χ0n) is 19.5. The second-order valence-electron chi connectivity index (χ2n) is 7.98. The number of aliphatic hydroxyl groups excluding tert-OH is 1. The van der Waals surface area contributed by atoms with Gasteiger partial charge in [0.25, 0.3) is 5.91 Å². The standard InChI is InChI=1S/C27H25FN4O4/c1-2-36-27(35)24(33)22(16-18-10-5-3-6-11-18)30-26(34)20-14-9-15-29-25(20)32-17-21(28)23(31-32)19-12-7-4-8-13-19/h3-15,17,22,24,33H,2,16H2,1H3,(H,30,34). The van der Waals surface area contributed by atoms with Crippen LogP contribution in [0.25, 0.3) is 17.1 Å². The summed E-state index contributed by atoms with van der Waals surface area (Å²) in [5.74, 6) is -1.93. The van der Waals surface area contributed by atoms with Crippen molar-refractivity contribution in [1.82, 2.24) is 20.1 Å². The van der Waals surface area contributed by atoms with Crippen molar-refractivity contribution >= 4 is 11.9 Å². The molecule has 0 saturated heterocycles. The van der Waals surface area contributed by atoms with Crippen LogP contribution in [0.4, 0.5) is 4.39 Å². The second kappa shape index (κ2) is 11.4. The minimum Gasteiger partial charge on any atom is -0.464 e. The molecule has 4 rings (SSSR count). The summed E-state index contributed by atoms with van der Waals surface area (Å²) in [6.45, 7) is 1.72. The Kier molecular flexibility index (Phi) is 7.82. The molecule has 0 spiro atoms. The van der Waals surface area contributed by atoms with Crippen molar-refractivity contribution in [2.75, 3.05) is 6.61 Å². The van der Waals surface area contributed by atoms with Crippen LogP contribution in [0.2, 0.25) is 0 Å². The lowest BCUT2D eigenvalue weighted by molar-refractivity contribution is -0.154. The monoisotopic (exact) mass is 488 g/mol. The lowest BCUT2D eigenvalue weighted by Crippen LogP contribution is -2.49. The number of esters is 1. The highest BCUT2D eigenvalue weighted by molar-refractivity contribution is 5.97. The number of amides is 1. The number of pyridine rings is 1. The molecule has 2 aromatic carbocycles. The average molecular weight is 489 g/mol. The van der Waals surface area contributed by atoms with Crippen LogP contribution in [0.15, 0.2) is 85.2 Å². The Morgan fingerprint density at radius 1 is 1.06 bits per heavy atom. The van der Waals surface area contributed by atoms with E-state index < -0.39 is 29.8 Å². The van der Waals surface area contributed by atoms with Gasteiger partial charge in [0.1, 0.15) is 5.69 Å². The quantitative estimate of drug-likeness (QED) is 0.350. The van der Waals surface area contributed by atoms with Crippen LogP contribution in [0.1, 0.15) is 22.8 Å². The molecule has 36 heavy (non-hydrogen) atoms. The van der Waals surface area contributed by atoms with Crippen molar-refractivity contribution in [2.45, 2.75) is 25.5 Å². The fraction of sp³-hybridized carbons (Fsp3) is 0.185. The Labute approximate surface area is 207 Å². The Morgan fingerprint density at radius 2 is 1.75 bits per heavy atom. The van der Waals surface area contributed by atoms with Gasteiger partial charge in [0.15, 0.2) is 17.7 Å². The summed E-state index contributed by atoms with van der Waals surface area (Å²) < 4.78 is 20.9. The summed E-state index contributed by atoms with van der Waals surface area (Å²) in [6.07, 6.45) is 1.19. The van der Waals surface area contributed by atoms with E-state index in [9.17, 15) is 19.1 Å². The van der Waals surface area contributed by atoms with E-state index in [0.717, 1.165) is 11.8 Å². The Bertz CT molecular complexity index is 1330. The van der Waals surface area contributed by atoms with Crippen LogP contribution >= 0.6 is 0 Å². The molecule has 9 heteroatoms. The molecule has 1 amide bonds. The molecule has 0 radical (unpaired) electrons. The highest BCUT2D eigenvalue weighted by atomic mass is 19.1. The van der Waals surface area contributed by atoms with Gasteiger partial charge in [-0.1, -0.05) is 60.7 Å². The van der Waals surface area contributed by atoms with E-state index in [1.807, 2.05) is 36.4 Å². The first-order chi connectivity index (χ1) is 17.5. The molecule has 0 aliphatic heterocycles. The highest BCUT2D eigenvalue weighted by Gasteiger charge is 2.30. The van der Waals surface area contributed by atoms with E-state index in [0.29, 0.717) is 5.56 Å². The molecule has 0 fully saturated rings. The zero-order valence-corrected chi connectivity index (χ0v) is 19.5. The maximum absolute atomic E-state index is 14.7. The predicted molar refractivity (Wildman–Crippen MR) is 131 cm³/mol. The first-order valence-corrected chi connectivity index (χ1v) is 11.4. The third-order valence-electron chi connectivity index (χ3n) is 5.49. The van der Waals surface area contributed by atoms with Crippen molar-refractivity contribution in [3.05, 3.63) is 102 Å². The van der Waals surface area contributed by atoms with Crippen molar-refractivity contribution < 1.29 is 23.8 Å². The molecule has 0 aliphatic rings. The van der Waals surface area contributed by atoms with Gasteiger partial charge in [0.2, 0.25) is 0 Å². The highest BCUT2D eigenvalue weighted by Crippen LogP contribution is 2.23. The summed E-state index contributed by atoms with van der Waals surface area (Å²) in [5.41, 5.74) is 1.59. The molecule has 2 N–H and O–H groups in total. The molecule has 0 aliphatic carbocycles. The number of nitrogens with one attached hydrogen (secondary N) is 1. The fourth-order valence-corrected chi connectivity index (χ4v) is 3.76. The summed E-state index contributed by atoms with van der Waals surface area (Å²) in [5, 5.41) is 17.7. The zero-order chi connectivity index (χ0) is 25.5. The molecule has 4 aromatic rings. The minimum atomic E-state index is -1.60. The molecule has 8 nitrogen and oxygen atoms in total. The van der Waals surface area contributed by atoms with E-state index in [4.69, 9.17) is 4.74 Å². The van der Waals surface area contributed by atoms with Crippen LogP contribution < -0.4 is 5.32 Å².